The summed E-state index contributed by atoms with van der Waals surface area (Å²) in [7, 11) is 0. The van der Waals surface area contributed by atoms with Crippen molar-refractivity contribution in [1.29, 1.82) is 0 Å². The fourth-order valence-electron chi connectivity index (χ4n) is 9.22. The van der Waals surface area contributed by atoms with E-state index in [1.807, 2.05) is 0 Å². The van der Waals surface area contributed by atoms with Crippen molar-refractivity contribution in [1.82, 2.24) is 5.32 Å². The van der Waals surface area contributed by atoms with Gasteiger partial charge in [0.05, 0.1) is 17.8 Å². The summed E-state index contributed by atoms with van der Waals surface area (Å²) in [6.45, 7) is 6.34. The molecule has 1 unspecified atom stereocenters. The summed E-state index contributed by atoms with van der Waals surface area (Å²) in [6.07, 6.45) is 16.5. The molecule has 3 saturated carbocycles. The monoisotopic (exact) mass is 385 g/mol. The molecular weight excluding hydrogens is 346 g/mol. The number of hydrogen-bond acceptors (Lipinski definition) is 3. The van der Waals surface area contributed by atoms with Crippen LogP contribution in [0.1, 0.15) is 84.5 Å². The van der Waals surface area contributed by atoms with Crippen LogP contribution in [0, 0.1) is 28.6 Å². The van der Waals surface area contributed by atoms with E-state index in [1.165, 1.54) is 64.3 Å². The van der Waals surface area contributed by atoms with Crippen molar-refractivity contribution >= 4 is 0 Å². The Morgan fingerprint density at radius 1 is 1.07 bits per heavy atom. The summed E-state index contributed by atoms with van der Waals surface area (Å²) < 4.78 is 7.00. The number of piperidine rings is 1. The third-order valence-corrected chi connectivity index (χ3v) is 10.8. The lowest BCUT2D eigenvalue weighted by Crippen LogP contribution is -2.54. The second kappa shape index (κ2) is 6.08. The number of rotatable bonds is 0. The summed E-state index contributed by atoms with van der Waals surface area (Å²) >= 11 is 0. The van der Waals surface area contributed by atoms with Gasteiger partial charge in [0.1, 0.15) is 0 Å². The van der Waals surface area contributed by atoms with Crippen LogP contribution in [-0.2, 0) is 4.74 Å². The minimum atomic E-state index is -0.0952. The first-order valence-electron chi connectivity index (χ1n) is 12.2. The molecule has 6 aliphatic rings. The smallest absolute Gasteiger partial charge is 0.0759 e. The standard InChI is InChI=1S/C25H39NO2/c1-23-10-7-17(27)14-16(23)5-6-18-19(23)8-11-24(2)20(18)9-12-25(24)15-21-22(28-25)4-3-13-26-21/h5,17-22,26-27H,3-4,6-15H2,1-2H3/t17-,18+,19-,20-,21-,22+,23-,24-,25?/m0/s1. The fourth-order valence-corrected chi connectivity index (χ4v) is 9.22. The molecule has 28 heavy (non-hydrogen) atoms. The van der Waals surface area contributed by atoms with Crippen molar-refractivity contribution in [3.05, 3.63) is 11.6 Å². The van der Waals surface area contributed by atoms with Crippen molar-refractivity contribution < 1.29 is 9.84 Å². The van der Waals surface area contributed by atoms with Gasteiger partial charge in [-0.05, 0) is 106 Å². The number of aliphatic hydroxyl groups is 1. The summed E-state index contributed by atoms with van der Waals surface area (Å²) in [5.41, 5.74) is 2.45. The van der Waals surface area contributed by atoms with Crippen LogP contribution >= 0.6 is 0 Å². The molecule has 1 spiro atoms. The van der Waals surface area contributed by atoms with Crippen molar-refractivity contribution in [2.24, 2.45) is 28.6 Å². The molecule has 4 aliphatic carbocycles. The van der Waals surface area contributed by atoms with E-state index < -0.39 is 0 Å². The second-order valence-corrected chi connectivity index (χ2v) is 11.7. The molecule has 2 N–H and O–H groups in total. The number of allylic oxidation sites excluding steroid dienone is 1. The highest BCUT2D eigenvalue weighted by atomic mass is 16.5. The van der Waals surface area contributed by atoms with Crippen LogP contribution in [0.2, 0.25) is 0 Å². The Kier molecular flexibility index (Phi) is 3.99. The molecule has 0 bridgehead atoms. The highest BCUT2D eigenvalue weighted by Gasteiger charge is 2.67. The van der Waals surface area contributed by atoms with E-state index in [9.17, 15) is 5.11 Å². The van der Waals surface area contributed by atoms with E-state index in [4.69, 9.17) is 4.74 Å². The number of ether oxygens (including phenoxy) is 1. The van der Waals surface area contributed by atoms with Crippen LogP contribution in [0.25, 0.3) is 0 Å². The average Bonchev–Trinajstić information content (AvgIpc) is 3.20. The Balaban J connectivity index is 1.31. The Bertz CT molecular complexity index is 674. The Morgan fingerprint density at radius 3 is 2.79 bits per heavy atom. The lowest BCUT2D eigenvalue weighted by atomic mass is 9.47. The predicted molar refractivity (Wildman–Crippen MR) is 111 cm³/mol. The minimum absolute atomic E-state index is 0.0952. The SMILES string of the molecule is C[C@]12CC[C@H](O)CC1=CC[C@@H]1[C@@H]2CC[C@@]2(C)[C@H]1CCC21C[C@@H]2NCCC[C@H]2O1. The molecule has 0 amide bonds. The molecule has 2 aliphatic heterocycles. The van der Waals surface area contributed by atoms with Crippen molar-refractivity contribution in [3.63, 3.8) is 0 Å². The van der Waals surface area contributed by atoms with Gasteiger partial charge in [-0.1, -0.05) is 25.5 Å². The highest BCUT2D eigenvalue weighted by molar-refractivity contribution is 5.27. The van der Waals surface area contributed by atoms with E-state index in [0.717, 1.165) is 30.6 Å². The maximum atomic E-state index is 10.2. The number of fused-ring (bicyclic) bond motifs is 7. The second-order valence-electron chi connectivity index (χ2n) is 11.7. The van der Waals surface area contributed by atoms with Gasteiger partial charge < -0.3 is 15.2 Å². The summed E-state index contributed by atoms with van der Waals surface area (Å²) in [5, 5.41) is 14.0. The van der Waals surface area contributed by atoms with Gasteiger partial charge in [-0.25, -0.2) is 0 Å². The summed E-state index contributed by atoms with van der Waals surface area (Å²) in [6, 6.07) is 0.609. The minimum Gasteiger partial charge on any atom is -0.393 e. The zero-order valence-corrected chi connectivity index (χ0v) is 17.9. The van der Waals surface area contributed by atoms with Gasteiger partial charge >= 0.3 is 0 Å². The molecule has 0 aromatic carbocycles. The van der Waals surface area contributed by atoms with Crippen molar-refractivity contribution in [2.45, 2.75) is 108 Å². The fraction of sp³-hybridized carbons (Fsp3) is 0.920. The molecule has 2 saturated heterocycles. The van der Waals surface area contributed by atoms with E-state index in [1.54, 1.807) is 5.57 Å². The molecule has 156 valence electrons. The molecule has 3 heteroatoms. The van der Waals surface area contributed by atoms with E-state index in [0.29, 0.717) is 23.0 Å². The van der Waals surface area contributed by atoms with Gasteiger partial charge in [-0.15, -0.1) is 0 Å². The maximum absolute atomic E-state index is 10.2. The van der Waals surface area contributed by atoms with E-state index in [-0.39, 0.29) is 11.7 Å². The third kappa shape index (κ3) is 2.28. The van der Waals surface area contributed by atoms with Gasteiger partial charge in [-0.2, -0.15) is 0 Å². The number of hydrogen-bond donors (Lipinski definition) is 2. The molecule has 0 aromatic rings. The Hall–Kier alpha value is -0.380. The van der Waals surface area contributed by atoms with Gasteiger partial charge in [-0.3, -0.25) is 0 Å². The Labute approximate surface area is 170 Å². The molecule has 6 rings (SSSR count). The van der Waals surface area contributed by atoms with Crippen molar-refractivity contribution in [2.75, 3.05) is 6.54 Å². The summed E-state index contributed by atoms with van der Waals surface area (Å²) in [5.74, 6) is 2.49. The van der Waals surface area contributed by atoms with E-state index in [2.05, 4.69) is 25.2 Å². The zero-order chi connectivity index (χ0) is 19.1. The van der Waals surface area contributed by atoms with Gasteiger partial charge in [0.2, 0.25) is 0 Å². The molecular formula is C25H39NO2. The average molecular weight is 386 g/mol. The van der Waals surface area contributed by atoms with Gasteiger partial charge in [0.25, 0.3) is 0 Å². The van der Waals surface area contributed by atoms with Gasteiger partial charge in [0, 0.05) is 6.04 Å². The molecule has 0 aromatic heterocycles. The van der Waals surface area contributed by atoms with E-state index >= 15 is 0 Å². The maximum Gasteiger partial charge on any atom is 0.0759 e. The lowest BCUT2D eigenvalue weighted by molar-refractivity contribution is -0.151. The largest absolute Gasteiger partial charge is 0.393 e. The normalized spacial score (nSPS) is 57.9. The third-order valence-electron chi connectivity index (χ3n) is 10.8. The van der Waals surface area contributed by atoms with Crippen LogP contribution in [0.4, 0.5) is 0 Å². The van der Waals surface area contributed by atoms with Crippen LogP contribution in [0.15, 0.2) is 11.6 Å². The zero-order valence-electron chi connectivity index (χ0n) is 17.9. The quantitative estimate of drug-likeness (QED) is 0.599. The molecule has 9 atom stereocenters. The molecule has 2 heterocycles. The molecule has 3 nitrogen and oxygen atoms in total. The number of nitrogens with one attached hydrogen (secondary N) is 1. The number of aliphatic hydroxyl groups excluding tert-OH is 1. The van der Waals surface area contributed by atoms with Crippen LogP contribution in [-0.4, -0.2) is 35.5 Å². The molecule has 5 fully saturated rings. The predicted octanol–water partition coefficient (Wildman–Crippen LogP) is 4.59. The summed E-state index contributed by atoms with van der Waals surface area (Å²) in [4.78, 5) is 0. The van der Waals surface area contributed by atoms with Crippen molar-refractivity contribution in [3.8, 4) is 0 Å². The van der Waals surface area contributed by atoms with Crippen LogP contribution < -0.4 is 5.32 Å². The van der Waals surface area contributed by atoms with Gasteiger partial charge in [0.15, 0.2) is 0 Å². The highest BCUT2D eigenvalue weighted by Crippen LogP contribution is 2.69. The first-order valence-corrected chi connectivity index (χ1v) is 12.2. The topological polar surface area (TPSA) is 41.5 Å². The Morgan fingerprint density at radius 2 is 1.93 bits per heavy atom. The lowest BCUT2D eigenvalue weighted by Gasteiger charge is -2.59. The first kappa shape index (κ1) is 18.4. The first-order chi connectivity index (χ1) is 13.5. The van der Waals surface area contributed by atoms with Crippen LogP contribution in [0.3, 0.4) is 0 Å². The van der Waals surface area contributed by atoms with Crippen LogP contribution in [0.5, 0.6) is 0 Å². The molecule has 0 radical (unpaired) electrons.